The quantitative estimate of drug-likeness (QED) is 0.319. The molecule has 0 aliphatic heterocycles. The van der Waals surface area contributed by atoms with Gasteiger partial charge in [0.05, 0.1) is 26.4 Å². The van der Waals surface area contributed by atoms with Crippen LogP contribution in [0.2, 0.25) is 0 Å². The Morgan fingerprint density at radius 3 is 2.62 bits per heavy atom. The Labute approximate surface area is 152 Å². The minimum absolute atomic E-state index is 0.543. The van der Waals surface area contributed by atoms with Crippen molar-refractivity contribution in [3.05, 3.63) is 0 Å². The van der Waals surface area contributed by atoms with Gasteiger partial charge in [-0.25, -0.2) is 0 Å². The van der Waals surface area contributed by atoms with Crippen LogP contribution in [0.5, 0.6) is 0 Å². The fourth-order valence-electron chi connectivity index (χ4n) is 2.79. The van der Waals surface area contributed by atoms with Crippen molar-refractivity contribution in [2.45, 2.75) is 63.7 Å². The Morgan fingerprint density at radius 2 is 1.92 bits per heavy atom. The van der Waals surface area contributed by atoms with E-state index in [2.05, 4.69) is 35.7 Å². The summed E-state index contributed by atoms with van der Waals surface area (Å²) in [6.45, 7) is 8.66. The summed E-state index contributed by atoms with van der Waals surface area (Å²) in [6, 6.07) is 0.543. The van der Waals surface area contributed by atoms with Gasteiger partial charge in [-0.05, 0) is 38.9 Å². The van der Waals surface area contributed by atoms with Gasteiger partial charge in [-0.2, -0.15) is 11.8 Å². The van der Waals surface area contributed by atoms with E-state index in [-0.39, 0.29) is 0 Å². The van der Waals surface area contributed by atoms with E-state index in [9.17, 15) is 0 Å². The van der Waals surface area contributed by atoms with Gasteiger partial charge in [-0.1, -0.05) is 19.8 Å². The molecule has 1 rings (SSSR count). The fourth-order valence-corrected chi connectivity index (χ4v) is 3.62. The Balaban J connectivity index is 2.17. The molecule has 1 aliphatic carbocycles. The van der Waals surface area contributed by atoms with Gasteiger partial charge < -0.3 is 20.1 Å². The molecule has 24 heavy (non-hydrogen) atoms. The summed E-state index contributed by atoms with van der Waals surface area (Å²) in [5, 5.41) is 7.72. The number of nitrogens with zero attached hydrogens (tertiary/aromatic N) is 1. The molecule has 2 N–H and O–H groups in total. The molecule has 0 amide bonds. The van der Waals surface area contributed by atoms with Crippen molar-refractivity contribution in [2.24, 2.45) is 4.99 Å². The van der Waals surface area contributed by atoms with Crippen LogP contribution in [0, 0.1) is 0 Å². The molecule has 0 radical (unpaired) electrons. The maximum atomic E-state index is 5.58. The van der Waals surface area contributed by atoms with Crippen molar-refractivity contribution in [2.75, 3.05) is 45.8 Å². The molecule has 0 aromatic heterocycles. The SMILES string of the molecule is CCCCOCCOCCN=C(NCC)NC1CCCC(SC)C1. The van der Waals surface area contributed by atoms with Gasteiger partial charge in [0.1, 0.15) is 0 Å². The smallest absolute Gasteiger partial charge is 0.191 e. The zero-order chi connectivity index (χ0) is 17.5. The van der Waals surface area contributed by atoms with Gasteiger partial charge in [-0.3, -0.25) is 4.99 Å². The highest BCUT2D eigenvalue weighted by Crippen LogP contribution is 2.26. The van der Waals surface area contributed by atoms with E-state index in [0.717, 1.165) is 30.8 Å². The second-order valence-electron chi connectivity index (χ2n) is 6.20. The van der Waals surface area contributed by atoms with Crippen LogP contribution in [0.3, 0.4) is 0 Å². The van der Waals surface area contributed by atoms with E-state index in [1.165, 1.54) is 32.1 Å². The highest BCUT2D eigenvalue weighted by atomic mass is 32.2. The third kappa shape index (κ3) is 10.4. The number of unbranched alkanes of at least 4 members (excludes halogenated alkanes) is 1. The molecule has 5 nitrogen and oxygen atoms in total. The topological polar surface area (TPSA) is 54.9 Å². The molecule has 6 heteroatoms. The second-order valence-corrected chi connectivity index (χ2v) is 7.34. The maximum Gasteiger partial charge on any atom is 0.191 e. The number of hydrogen-bond acceptors (Lipinski definition) is 4. The van der Waals surface area contributed by atoms with Gasteiger partial charge in [0.25, 0.3) is 0 Å². The van der Waals surface area contributed by atoms with Gasteiger partial charge in [-0.15, -0.1) is 0 Å². The summed E-state index contributed by atoms with van der Waals surface area (Å²) in [4.78, 5) is 4.63. The molecule has 1 saturated carbocycles. The predicted octanol–water partition coefficient (Wildman–Crippen LogP) is 3.05. The minimum Gasteiger partial charge on any atom is -0.379 e. The van der Waals surface area contributed by atoms with Gasteiger partial charge >= 0.3 is 0 Å². The average Bonchev–Trinajstić information content (AvgIpc) is 2.60. The highest BCUT2D eigenvalue weighted by molar-refractivity contribution is 7.99. The van der Waals surface area contributed by atoms with Crippen LogP contribution in [0.4, 0.5) is 0 Å². The zero-order valence-electron chi connectivity index (χ0n) is 15.8. The molecule has 2 unspecified atom stereocenters. The molecule has 0 aromatic rings. The van der Waals surface area contributed by atoms with Crippen molar-refractivity contribution in [1.82, 2.24) is 10.6 Å². The number of thioether (sulfide) groups is 1. The number of hydrogen-bond donors (Lipinski definition) is 2. The summed E-state index contributed by atoms with van der Waals surface area (Å²) < 4.78 is 11.0. The molecule has 1 fully saturated rings. The lowest BCUT2D eigenvalue weighted by molar-refractivity contribution is 0.0497. The molecule has 0 aromatic carbocycles. The monoisotopic (exact) mass is 359 g/mol. The Bertz CT molecular complexity index is 329. The third-order valence-electron chi connectivity index (χ3n) is 4.16. The molecule has 0 saturated heterocycles. The van der Waals surface area contributed by atoms with Gasteiger partial charge in [0.2, 0.25) is 0 Å². The van der Waals surface area contributed by atoms with Gasteiger partial charge in [0.15, 0.2) is 5.96 Å². The standard InChI is InChI=1S/C18H37N3O2S/c1-4-6-11-22-13-14-23-12-10-20-18(19-5-2)21-16-8-7-9-17(15-16)24-3/h16-17H,4-15H2,1-3H3,(H2,19,20,21). The van der Waals surface area contributed by atoms with E-state index in [1.54, 1.807) is 0 Å². The molecular weight excluding hydrogens is 322 g/mol. The largest absolute Gasteiger partial charge is 0.379 e. The van der Waals surface area contributed by atoms with Crippen LogP contribution in [0.25, 0.3) is 0 Å². The summed E-state index contributed by atoms with van der Waals surface area (Å²) in [6.07, 6.45) is 9.65. The number of guanidine groups is 1. The first-order chi connectivity index (χ1) is 11.8. The first kappa shape index (κ1) is 21.6. The molecule has 0 spiro atoms. The molecular formula is C18H37N3O2S. The second kappa shape index (κ2) is 14.8. The first-order valence-electron chi connectivity index (χ1n) is 9.53. The van der Waals surface area contributed by atoms with Crippen LogP contribution in [0.15, 0.2) is 4.99 Å². The number of nitrogens with one attached hydrogen (secondary N) is 2. The van der Waals surface area contributed by atoms with Crippen LogP contribution in [-0.4, -0.2) is 63.0 Å². The molecule has 142 valence electrons. The summed E-state index contributed by atoms with van der Waals surface area (Å²) in [5.41, 5.74) is 0. The minimum atomic E-state index is 0.543. The van der Waals surface area contributed by atoms with Crippen LogP contribution in [0.1, 0.15) is 52.4 Å². The maximum absolute atomic E-state index is 5.58. The number of rotatable bonds is 12. The Kier molecular flexibility index (Phi) is 13.4. The lowest BCUT2D eigenvalue weighted by Gasteiger charge is -2.29. The van der Waals surface area contributed by atoms with Crippen LogP contribution < -0.4 is 10.6 Å². The average molecular weight is 360 g/mol. The molecule has 2 atom stereocenters. The van der Waals surface area contributed by atoms with E-state index in [0.29, 0.717) is 32.4 Å². The summed E-state index contributed by atoms with van der Waals surface area (Å²) in [5.74, 6) is 0.923. The summed E-state index contributed by atoms with van der Waals surface area (Å²) in [7, 11) is 0. The van der Waals surface area contributed by atoms with Crippen LogP contribution in [-0.2, 0) is 9.47 Å². The van der Waals surface area contributed by atoms with Crippen molar-refractivity contribution in [3.8, 4) is 0 Å². The normalized spacial score (nSPS) is 21.7. The number of aliphatic imine (C=N–C) groups is 1. The van der Waals surface area contributed by atoms with Crippen molar-refractivity contribution >= 4 is 17.7 Å². The zero-order valence-corrected chi connectivity index (χ0v) is 16.6. The molecule has 0 bridgehead atoms. The highest BCUT2D eigenvalue weighted by Gasteiger charge is 2.21. The van der Waals surface area contributed by atoms with E-state index >= 15 is 0 Å². The Morgan fingerprint density at radius 1 is 1.12 bits per heavy atom. The van der Waals surface area contributed by atoms with E-state index in [1.807, 2.05) is 11.8 Å². The van der Waals surface area contributed by atoms with Crippen molar-refractivity contribution < 1.29 is 9.47 Å². The lowest BCUT2D eigenvalue weighted by atomic mass is 9.95. The first-order valence-corrected chi connectivity index (χ1v) is 10.8. The third-order valence-corrected chi connectivity index (χ3v) is 5.26. The molecule has 0 heterocycles. The Hall–Kier alpha value is -0.460. The van der Waals surface area contributed by atoms with Crippen LogP contribution >= 0.6 is 11.8 Å². The van der Waals surface area contributed by atoms with Crippen molar-refractivity contribution in [3.63, 3.8) is 0 Å². The van der Waals surface area contributed by atoms with E-state index in [4.69, 9.17) is 9.47 Å². The molecule has 1 aliphatic rings. The van der Waals surface area contributed by atoms with Gasteiger partial charge in [0, 0.05) is 24.4 Å². The lowest BCUT2D eigenvalue weighted by Crippen LogP contribution is -2.45. The summed E-state index contributed by atoms with van der Waals surface area (Å²) >= 11 is 1.99. The predicted molar refractivity (Wildman–Crippen MR) is 105 cm³/mol. The van der Waals surface area contributed by atoms with Crippen molar-refractivity contribution in [1.29, 1.82) is 0 Å². The number of ether oxygens (including phenoxy) is 2. The van der Waals surface area contributed by atoms with E-state index < -0.39 is 0 Å². The fraction of sp³-hybridized carbons (Fsp3) is 0.944.